The van der Waals surface area contributed by atoms with Gasteiger partial charge in [-0.1, -0.05) is 0 Å². The average Bonchev–Trinajstić information content (AvgIpc) is 2.38. The number of hydrogen-bond donors (Lipinski definition) is 2. The van der Waals surface area contributed by atoms with Gasteiger partial charge in [0.15, 0.2) is 0 Å². The van der Waals surface area contributed by atoms with Crippen molar-refractivity contribution in [2.24, 2.45) is 0 Å². The van der Waals surface area contributed by atoms with Gasteiger partial charge in [0.2, 0.25) is 5.91 Å². The maximum Gasteiger partial charge on any atom is 0.220 e. The Balaban J connectivity index is 0.00000180. The van der Waals surface area contributed by atoms with E-state index in [0.717, 1.165) is 38.8 Å². The highest BCUT2D eigenvalue weighted by molar-refractivity contribution is 5.85. The van der Waals surface area contributed by atoms with Gasteiger partial charge < -0.3 is 15.4 Å². The van der Waals surface area contributed by atoms with E-state index in [9.17, 15) is 4.79 Å². The SMILES string of the molecule is CC1CC(NC(=O)CCC2CCCCO2)CCN1.Cl. The topological polar surface area (TPSA) is 50.4 Å². The van der Waals surface area contributed by atoms with Crippen molar-refractivity contribution < 1.29 is 9.53 Å². The largest absolute Gasteiger partial charge is 0.378 e. The first-order chi connectivity index (χ1) is 8.74. The minimum Gasteiger partial charge on any atom is -0.378 e. The maximum atomic E-state index is 11.9. The molecule has 2 heterocycles. The van der Waals surface area contributed by atoms with Crippen LogP contribution in [0.25, 0.3) is 0 Å². The van der Waals surface area contributed by atoms with Crippen molar-refractivity contribution in [1.29, 1.82) is 0 Å². The Morgan fingerprint density at radius 2 is 2.21 bits per heavy atom. The zero-order chi connectivity index (χ0) is 12.8. The predicted molar refractivity (Wildman–Crippen MR) is 78.7 cm³/mol. The van der Waals surface area contributed by atoms with E-state index >= 15 is 0 Å². The van der Waals surface area contributed by atoms with Crippen molar-refractivity contribution >= 4 is 18.3 Å². The first-order valence-corrected chi connectivity index (χ1v) is 7.38. The highest BCUT2D eigenvalue weighted by atomic mass is 35.5. The van der Waals surface area contributed by atoms with E-state index in [1.165, 1.54) is 12.8 Å². The molecular weight excluding hydrogens is 264 g/mol. The van der Waals surface area contributed by atoms with Gasteiger partial charge in [0.1, 0.15) is 0 Å². The monoisotopic (exact) mass is 290 g/mol. The van der Waals surface area contributed by atoms with Crippen LogP contribution in [0.5, 0.6) is 0 Å². The van der Waals surface area contributed by atoms with Gasteiger partial charge >= 0.3 is 0 Å². The lowest BCUT2D eigenvalue weighted by molar-refractivity contribution is -0.123. The van der Waals surface area contributed by atoms with E-state index in [1.807, 2.05) is 0 Å². The summed E-state index contributed by atoms with van der Waals surface area (Å²) in [7, 11) is 0. The molecule has 0 bridgehead atoms. The number of carbonyl (C=O) groups is 1. The van der Waals surface area contributed by atoms with Crippen molar-refractivity contribution in [3.63, 3.8) is 0 Å². The summed E-state index contributed by atoms with van der Waals surface area (Å²) < 4.78 is 5.65. The number of nitrogens with one attached hydrogen (secondary N) is 2. The van der Waals surface area contributed by atoms with E-state index in [0.29, 0.717) is 24.6 Å². The fourth-order valence-electron chi connectivity index (χ4n) is 2.89. The molecule has 2 saturated heterocycles. The molecule has 2 N–H and O–H groups in total. The summed E-state index contributed by atoms with van der Waals surface area (Å²) in [6, 6.07) is 0.881. The number of ether oxygens (including phenoxy) is 1. The molecule has 0 aromatic heterocycles. The van der Waals surface area contributed by atoms with E-state index in [2.05, 4.69) is 17.6 Å². The van der Waals surface area contributed by atoms with Crippen LogP contribution < -0.4 is 10.6 Å². The maximum absolute atomic E-state index is 11.9. The van der Waals surface area contributed by atoms with Crippen LogP contribution in [0.15, 0.2) is 0 Å². The molecule has 0 aromatic rings. The Labute approximate surface area is 122 Å². The first-order valence-electron chi connectivity index (χ1n) is 7.38. The second-order valence-corrected chi connectivity index (χ2v) is 5.67. The van der Waals surface area contributed by atoms with Gasteiger partial charge in [-0.2, -0.15) is 0 Å². The summed E-state index contributed by atoms with van der Waals surface area (Å²) in [6.45, 7) is 4.06. The van der Waals surface area contributed by atoms with Gasteiger partial charge in [-0.05, 0) is 52.0 Å². The Hall–Kier alpha value is -0.320. The Kier molecular flexibility index (Phi) is 7.73. The molecule has 5 heteroatoms. The molecule has 0 spiro atoms. The van der Waals surface area contributed by atoms with Crippen molar-refractivity contribution in [2.75, 3.05) is 13.2 Å². The van der Waals surface area contributed by atoms with Gasteiger partial charge in [-0.3, -0.25) is 4.79 Å². The minimum atomic E-state index is 0. The molecule has 2 fully saturated rings. The third-order valence-electron chi connectivity index (χ3n) is 3.96. The first kappa shape index (κ1) is 16.7. The number of carbonyl (C=O) groups excluding carboxylic acids is 1. The predicted octanol–water partition coefficient (Wildman–Crippen LogP) is 2.01. The lowest BCUT2D eigenvalue weighted by Crippen LogP contribution is -2.46. The number of rotatable bonds is 4. The van der Waals surface area contributed by atoms with Crippen molar-refractivity contribution in [3.8, 4) is 0 Å². The van der Waals surface area contributed by atoms with E-state index < -0.39 is 0 Å². The molecule has 0 aromatic carbocycles. The molecule has 0 saturated carbocycles. The van der Waals surface area contributed by atoms with Gasteiger partial charge in [0.25, 0.3) is 0 Å². The van der Waals surface area contributed by atoms with Crippen LogP contribution in [0.4, 0.5) is 0 Å². The highest BCUT2D eigenvalue weighted by Crippen LogP contribution is 2.17. The molecule has 2 rings (SSSR count). The van der Waals surface area contributed by atoms with Crippen molar-refractivity contribution in [1.82, 2.24) is 10.6 Å². The molecule has 112 valence electrons. The Bertz CT molecular complexity index is 270. The van der Waals surface area contributed by atoms with E-state index in [-0.39, 0.29) is 18.3 Å². The molecule has 2 aliphatic rings. The Morgan fingerprint density at radius 1 is 1.37 bits per heavy atom. The highest BCUT2D eigenvalue weighted by Gasteiger charge is 2.21. The zero-order valence-electron chi connectivity index (χ0n) is 11.8. The van der Waals surface area contributed by atoms with Crippen LogP contribution in [0, 0.1) is 0 Å². The molecule has 2 aliphatic heterocycles. The lowest BCUT2D eigenvalue weighted by atomic mass is 10.00. The fraction of sp³-hybridized carbons (Fsp3) is 0.929. The molecule has 3 unspecified atom stereocenters. The van der Waals surface area contributed by atoms with Gasteiger partial charge in [-0.25, -0.2) is 0 Å². The van der Waals surface area contributed by atoms with Crippen LogP contribution in [-0.4, -0.2) is 37.2 Å². The smallest absolute Gasteiger partial charge is 0.220 e. The molecular formula is C14H27ClN2O2. The van der Waals surface area contributed by atoms with Gasteiger partial charge in [0, 0.05) is 25.1 Å². The lowest BCUT2D eigenvalue weighted by Gasteiger charge is -2.29. The summed E-state index contributed by atoms with van der Waals surface area (Å²) in [5, 5.41) is 6.55. The van der Waals surface area contributed by atoms with Crippen LogP contribution in [0.3, 0.4) is 0 Å². The second-order valence-electron chi connectivity index (χ2n) is 5.67. The summed E-state index contributed by atoms with van der Waals surface area (Å²) in [4.78, 5) is 11.9. The third-order valence-corrected chi connectivity index (χ3v) is 3.96. The number of piperidine rings is 1. The fourth-order valence-corrected chi connectivity index (χ4v) is 2.89. The third kappa shape index (κ3) is 6.11. The average molecular weight is 291 g/mol. The summed E-state index contributed by atoms with van der Waals surface area (Å²) in [5.74, 6) is 0.197. The zero-order valence-corrected chi connectivity index (χ0v) is 12.6. The van der Waals surface area contributed by atoms with E-state index in [1.54, 1.807) is 0 Å². The van der Waals surface area contributed by atoms with Crippen LogP contribution in [0.2, 0.25) is 0 Å². The Morgan fingerprint density at radius 3 is 2.89 bits per heavy atom. The molecule has 0 aliphatic carbocycles. The van der Waals surface area contributed by atoms with Gasteiger partial charge in [-0.15, -0.1) is 12.4 Å². The molecule has 19 heavy (non-hydrogen) atoms. The standard InChI is InChI=1S/C14H26N2O2.ClH/c1-11-10-12(7-8-15-11)16-14(17)6-5-13-4-2-3-9-18-13;/h11-13,15H,2-10H2,1H3,(H,16,17);1H. The second kappa shape index (κ2) is 8.77. The number of amides is 1. The molecule has 3 atom stereocenters. The van der Waals surface area contributed by atoms with Crippen LogP contribution in [-0.2, 0) is 9.53 Å². The normalized spacial score (nSPS) is 31.3. The quantitative estimate of drug-likeness (QED) is 0.833. The molecule has 4 nitrogen and oxygen atoms in total. The van der Waals surface area contributed by atoms with Crippen LogP contribution >= 0.6 is 12.4 Å². The summed E-state index contributed by atoms with van der Waals surface area (Å²) in [6.07, 6.45) is 7.46. The number of hydrogen-bond acceptors (Lipinski definition) is 3. The van der Waals surface area contributed by atoms with Gasteiger partial charge in [0.05, 0.1) is 6.10 Å². The number of halogens is 1. The van der Waals surface area contributed by atoms with E-state index in [4.69, 9.17) is 4.74 Å². The van der Waals surface area contributed by atoms with Crippen LogP contribution in [0.1, 0.15) is 51.9 Å². The molecule has 1 amide bonds. The molecule has 0 radical (unpaired) electrons. The van der Waals surface area contributed by atoms with Crippen molar-refractivity contribution in [3.05, 3.63) is 0 Å². The summed E-state index contributed by atoms with van der Waals surface area (Å²) >= 11 is 0. The minimum absolute atomic E-state index is 0. The summed E-state index contributed by atoms with van der Waals surface area (Å²) in [5.41, 5.74) is 0. The van der Waals surface area contributed by atoms with Crippen molar-refractivity contribution in [2.45, 2.75) is 70.1 Å².